The molecule has 0 saturated heterocycles. The van der Waals surface area contributed by atoms with E-state index in [1.807, 2.05) is 12.1 Å². The maximum atomic E-state index is 3.07. The van der Waals surface area contributed by atoms with Gasteiger partial charge in [-0.15, -0.1) is 16.8 Å². The zero-order valence-corrected chi connectivity index (χ0v) is 8.91. The molecule has 0 radical (unpaired) electrons. The molecule has 0 heterocycles. The number of hydrogen-bond donors (Lipinski definition) is 0. The first kappa shape index (κ1) is 11.2. The van der Waals surface area contributed by atoms with Crippen LogP contribution in [0.5, 0.6) is 0 Å². The van der Waals surface area contributed by atoms with E-state index in [1.54, 1.807) is 0 Å². The van der Waals surface area contributed by atoms with Crippen LogP contribution < -0.4 is 23.8 Å². The summed E-state index contributed by atoms with van der Waals surface area (Å²) in [5, 5.41) is 2.51. The summed E-state index contributed by atoms with van der Waals surface area (Å²) in [5.41, 5.74) is 1.23. The van der Waals surface area contributed by atoms with Gasteiger partial charge in [0.05, 0.1) is 0 Å². The van der Waals surface area contributed by atoms with Gasteiger partial charge in [-0.3, -0.25) is 0 Å². The summed E-state index contributed by atoms with van der Waals surface area (Å²) < 4.78 is 0. The molecule has 2 aromatic carbocycles. The van der Waals surface area contributed by atoms with Crippen molar-refractivity contribution in [3.05, 3.63) is 42.5 Å². The summed E-state index contributed by atoms with van der Waals surface area (Å²) in [6.45, 7) is 0. The molecular formula is C12H12LiN. The first-order valence-corrected chi connectivity index (χ1v) is 4.34. The van der Waals surface area contributed by atoms with Gasteiger partial charge in [0, 0.05) is 19.8 Å². The minimum atomic E-state index is 0. The third kappa shape index (κ3) is 2.12. The summed E-state index contributed by atoms with van der Waals surface area (Å²) in [4.78, 5) is 2.11. The fourth-order valence-corrected chi connectivity index (χ4v) is 1.39. The van der Waals surface area contributed by atoms with E-state index >= 15 is 0 Å². The van der Waals surface area contributed by atoms with Crippen LogP contribution in [0.2, 0.25) is 0 Å². The summed E-state index contributed by atoms with van der Waals surface area (Å²) in [7, 11) is 4.10. The van der Waals surface area contributed by atoms with Crippen molar-refractivity contribution < 1.29 is 18.9 Å². The third-order valence-electron chi connectivity index (χ3n) is 2.18. The van der Waals surface area contributed by atoms with Crippen molar-refractivity contribution in [3.8, 4) is 0 Å². The first-order valence-electron chi connectivity index (χ1n) is 4.34. The Morgan fingerprint density at radius 1 is 1.07 bits per heavy atom. The summed E-state index contributed by atoms with van der Waals surface area (Å²) in [5.74, 6) is 0. The Morgan fingerprint density at radius 2 is 1.86 bits per heavy atom. The van der Waals surface area contributed by atoms with Gasteiger partial charge in [-0.05, 0) is 0 Å². The molecule has 0 atom stereocenters. The summed E-state index contributed by atoms with van der Waals surface area (Å²) in [6.07, 6.45) is 0. The van der Waals surface area contributed by atoms with Crippen LogP contribution in [0.3, 0.4) is 0 Å². The Balaban J connectivity index is 0.000000980. The van der Waals surface area contributed by atoms with Crippen molar-refractivity contribution >= 4 is 16.5 Å². The normalized spacial score (nSPS) is 9.57. The molecule has 1 nitrogen and oxygen atoms in total. The first-order chi connectivity index (χ1) is 6.27. The molecule has 0 unspecified atom stereocenters. The van der Waals surface area contributed by atoms with Crippen LogP contribution in [-0.4, -0.2) is 14.1 Å². The zero-order chi connectivity index (χ0) is 9.26. The molecule has 0 saturated carbocycles. The average Bonchev–Trinajstić information content (AvgIpc) is 2.17. The van der Waals surface area contributed by atoms with Crippen molar-refractivity contribution in [1.29, 1.82) is 0 Å². The number of hydrogen-bond acceptors (Lipinski definition) is 1. The topological polar surface area (TPSA) is 3.24 Å². The van der Waals surface area contributed by atoms with Gasteiger partial charge < -0.3 is 4.90 Å². The molecular weight excluding hydrogens is 165 g/mol. The van der Waals surface area contributed by atoms with E-state index in [2.05, 4.69) is 49.3 Å². The van der Waals surface area contributed by atoms with E-state index in [0.717, 1.165) is 0 Å². The smallest absolute Gasteiger partial charge is 0.378 e. The van der Waals surface area contributed by atoms with Crippen LogP contribution in [0.15, 0.2) is 36.4 Å². The van der Waals surface area contributed by atoms with Gasteiger partial charge in [0.15, 0.2) is 0 Å². The van der Waals surface area contributed by atoms with Crippen molar-refractivity contribution in [2.45, 2.75) is 0 Å². The van der Waals surface area contributed by atoms with Crippen LogP contribution in [-0.2, 0) is 0 Å². The van der Waals surface area contributed by atoms with Gasteiger partial charge in [0.25, 0.3) is 0 Å². The Hall–Kier alpha value is -0.903. The number of anilines is 1. The Bertz CT molecular complexity index is 423. The monoisotopic (exact) mass is 177 g/mol. The second-order valence-electron chi connectivity index (χ2n) is 3.35. The molecule has 0 N–H and O–H groups in total. The van der Waals surface area contributed by atoms with E-state index in [-0.39, 0.29) is 18.9 Å². The molecule has 66 valence electrons. The maximum absolute atomic E-state index is 3.07. The minimum Gasteiger partial charge on any atom is -0.378 e. The summed E-state index contributed by atoms with van der Waals surface area (Å²) in [6, 6.07) is 15.5. The largest absolute Gasteiger partial charge is 1.00 e. The fraction of sp³-hybridized carbons (Fsp3) is 0.167. The van der Waals surface area contributed by atoms with Gasteiger partial charge >= 0.3 is 18.9 Å². The van der Waals surface area contributed by atoms with Gasteiger partial charge in [-0.1, -0.05) is 12.1 Å². The summed E-state index contributed by atoms with van der Waals surface area (Å²) >= 11 is 0. The average molecular weight is 177 g/mol. The third-order valence-corrected chi connectivity index (χ3v) is 2.18. The Labute approximate surface area is 96.9 Å². The van der Waals surface area contributed by atoms with Gasteiger partial charge in [-0.2, -0.15) is 24.3 Å². The molecule has 0 spiro atoms. The molecule has 2 rings (SSSR count). The van der Waals surface area contributed by atoms with Crippen molar-refractivity contribution in [3.63, 3.8) is 0 Å². The Kier molecular flexibility index (Phi) is 3.63. The Morgan fingerprint density at radius 3 is 2.57 bits per heavy atom. The van der Waals surface area contributed by atoms with Gasteiger partial charge in [0.1, 0.15) is 0 Å². The molecule has 2 aromatic rings. The fourth-order valence-electron chi connectivity index (χ4n) is 1.39. The SMILES string of the molecule is CN(C)c1ccc2c[c-]ccc2c1.[Li+]. The molecule has 0 aliphatic rings. The molecule has 0 fully saturated rings. The molecule has 0 amide bonds. The van der Waals surface area contributed by atoms with Gasteiger partial charge in [0.2, 0.25) is 0 Å². The van der Waals surface area contributed by atoms with E-state index in [1.165, 1.54) is 16.5 Å². The molecule has 0 aromatic heterocycles. The zero-order valence-electron chi connectivity index (χ0n) is 8.91. The van der Waals surface area contributed by atoms with E-state index < -0.39 is 0 Å². The number of rotatable bonds is 1. The van der Waals surface area contributed by atoms with Crippen molar-refractivity contribution in [1.82, 2.24) is 0 Å². The number of benzene rings is 2. The predicted molar refractivity (Wildman–Crippen MR) is 57.1 cm³/mol. The quantitative estimate of drug-likeness (QED) is 0.427. The molecule has 2 heteroatoms. The molecule has 0 aliphatic carbocycles. The number of nitrogens with zero attached hydrogens (tertiary/aromatic N) is 1. The second-order valence-corrected chi connectivity index (χ2v) is 3.35. The number of fused-ring (bicyclic) bond motifs is 1. The van der Waals surface area contributed by atoms with Crippen LogP contribution in [0, 0.1) is 6.07 Å². The van der Waals surface area contributed by atoms with Crippen LogP contribution in [0.4, 0.5) is 5.69 Å². The predicted octanol–water partition coefficient (Wildman–Crippen LogP) is -0.290. The molecule has 0 bridgehead atoms. The maximum Gasteiger partial charge on any atom is 1.00 e. The van der Waals surface area contributed by atoms with E-state index in [4.69, 9.17) is 0 Å². The van der Waals surface area contributed by atoms with Crippen molar-refractivity contribution in [2.75, 3.05) is 19.0 Å². The van der Waals surface area contributed by atoms with E-state index in [0.29, 0.717) is 0 Å². The molecule has 0 aliphatic heterocycles. The van der Waals surface area contributed by atoms with Crippen LogP contribution in [0.25, 0.3) is 10.8 Å². The minimum absolute atomic E-state index is 0. The molecule has 14 heavy (non-hydrogen) atoms. The van der Waals surface area contributed by atoms with E-state index in [9.17, 15) is 0 Å². The second kappa shape index (κ2) is 4.55. The standard InChI is InChI=1S/C12H12N.Li/c1-13(2)12-8-7-10-5-3-4-6-11(10)9-12;/h4-9H,1-2H3;/q-1;+1. The van der Waals surface area contributed by atoms with Crippen LogP contribution >= 0.6 is 0 Å². The van der Waals surface area contributed by atoms with Gasteiger partial charge in [-0.25, -0.2) is 0 Å². The van der Waals surface area contributed by atoms with Crippen molar-refractivity contribution in [2.24, 2.45) is 0 Å². The van der Waals surface area contributed by atoms with Crippen LogP contribution in [0.1, 0.15) is 0 Å².